The molecule has 0 saturated heterocycles. The Morgan fingerprint density at radius 3 is 2.91 bits per heavy atom. The van der Waals surface area contributed by atoms with Crippen molar-refractivity contribution in [1.82, 2.24) is 0 Å². The Morgan fingerprint density at radius 1 is 1.36 bits per heavy atom. The van der Waals surface area contributed by atoms with Gasteiger partial charge in [-0.15, -0.1) is 0 Å². The maximum atomic E-state index is 3.31. The molecule has 0 radical (unpaired) electrons. The fourth-order valence-corrected chi connectivity index (χ4v) is 1.96. The van der Waals surface area contributed by atoms with E-state index in [-0.39, 0.29) is 0 Å². The van der Waals surface area contributed by atoms with Gasteiger partial charge >= 0.3 is 0 Å². The van der Waals surface area contributed by atoms with Crippen LogP contribution in [0.1, 0.15) is 6.92 Å². The summed E-state index contributed by atoms with van der Waals surface area (Å²) < 4.78 is 0. The lowest BCUT2D eigenvalue weighted by Gasteiger charge is -1.94. The molecule has 0 bridgehead atoms. The highest BCUT2D eigenvalue weighted by atomic mass is 32.2. The number of fused-ring (bicyclic) bond motifs is 1. The van der Waals surface area contributed by atoms with Crippen molar-refractivity contribution >= 4 is 17.4 Å². The first kappa shape index (κ1) is 6.80. The van der Waals surface area contributed by atoms with Gasteiger partial charge in [-0.05, 0) is 19.1 Å². The average Bonchev–Trinajstić information content (AvgIpc) is 2.46. The molecule has 1 aromatic carbocycles. The molecule has 1 aromatic rings. The van der Waals surface area contributed by atoms with E-state index in [0.29, 0.717) is 0 Å². The minimum Gasteiger partial charge on any atom is -0.349 e. The van der Waals surface area contributed by atoms with E-state index in [9.17, 15) is 0 Å². The van der Waals surface area contributed by atoms with Crippen LogP contribution < -0.4 is 5.32 Å². The Morgan fingerprint density at radius 2 is 2.18 bits per heavy atom. The number of thioether (sulfide) groups is 1. The lowest BCUT2D eigenvalue weighted by atomic mass is 10.3. The van der Waals surface area contributed by atoms with Crippen LogP contribution in [0.15, 0.2) is 40.3 Å². The van der Waals surface area contributed by atoms with Gasteiger partial charge in [0.1, 0.15) is 0 Å². The number of hydrogen-bond acceptors (Lipinski definition) is 2. The van der Waals surface area contributed by atoms with Crippen molar-refractivity contribution in [3.05, 3.63) is 35.4 Å². The van der Waals surface area contributed by atoms with E-state index in [4.69, 9.17) is 0 Å². The van der Waals surface area contributed by atoms with E-state index in [2.05, 4.69) is 29.6 Å². The van der Waals surface area contributed by atoms with Gasteiger partial charge in [0.2, 0.25) is 0 Å². The van der Waals surface area contributed by atoms with E-state index in [1.165, 1.54) is 15.6 Å². The van der Waals surface area contributed by atoms with Crippen LogP contribution >= 0.6 is 11.8 Å². The second kappa shape index (κ2) is 2.62. The van der Waals surface area contributed by atoms with Crippen molar-refractivity contribution < 1.29 is 0 Å². The second-order valence-corrected chi connectivity index (χ2v) is 3.46. The Labute approximate surface area is 70.5 Å². The standard InChI is InChI=1S/C9H9NS/c1-2-9-10-7-5-3-4-6-8(7)11-9/h2-6,10H,1H3/b9-2-. The molecule has 0 aromatic heterocycles. The summed E-state index contributed by atoms with van der Waals surface area (Å²) in [6.45, 7) is 2.04. The van der Waals surface area contributed by atoms with Gasteiger partial charge in [0, 0.05) is 4.90 Å². The maximum Gasteiger partial charge on any atom is 0.0731 e. The van der Waals surface area contributed by atoms with E-state index >= 15 is 0 Å². The number of nitrogens with one attached hydrogen (secondary N) is 1. The summed E-state index contributed by atoms with van der Waals surface area (Å²) in [5.41, 5.74) is 1.23. The zero-order chi connectivity index (χ0) is 7.68. The maximum absolute atomic E-state index is 3.31. The van der Waals surface area contributed by atoms with E-state index < -0.39 is 0 Å². The summed E-state index contributed by atoms with van der Waals surface area (Å²) in [7, 11) is 0. The molecule has 0 atom stereocenters. The normalized spacial score (nSPS) is 18.1. The largest absolute Gasteiger partial charge is 0.349 e. The summed E-state index contributed by atoms with van der Waals surface area (Å²) in [4.78, 5) is 1.32. The smallest absolute Gasteiger partial charge is 0.0731 e. The van der Waals surface area contributed by atoms with Crippen molar-refractivity contribution in [2.45, 2.75) is 11.8 Å². The van der Waals surface area contributed by atoms with E-state index in [0.717, 1.165) is 0 Å². The molecule has 2 rings (SSSR count). The molecule has 1 N–H and O–H groups in total. The quantitative estimate of drug-likeness (QED) is 0.630. The van der Waals surface area contributed by atoms with Crippen LogP contribution in [0.3, 0.4) is 0 Å². The molecule has 11 heavy (non-hydrogen) atoms. The molecular formula is C9H9NS. The highest BCUT2D eigenvalue weighted by Gasteiger charge is 2.12. The molecule has 0 aliphatic carbocycles. The monoisotopic (exact) mass is 163 g/mol. The van der Waals surface area contributed by atoms with Gasteiger partial charge in [0.15, 0.2) is 0 Å². The number of para-hydroxylation sites is 1. The van der Waals surface area contributed by atoms with Crippen molar-refractivity contribution in [3.8, 4) is 0 Å². The molecule has 1 aliphatic heterocycles. The lowest BCUT2D eigenvalue weighted by Crippen LogP contribution is -1.85. The van der Waals surface area contributed by atoms with E-state index in [1.807, 2.05) is 13.0 Å². The van der Waals surface area contributed by atoms with Crippen LogP contribution in [0.5, 0.6) is 0 Å². The van der Waals surface area contributed by atoms with Crippen molar-refractivity contribution in [3.63, 3.8) is 0 Å². The minimum atomic E-state index is 1.23. The molecule has 1 heterocycles. The third-order valence-electron chi connectivity index (χ3n) is 1.63. The van der Waals surface area contributed by atoms with Crippen molar-refractivity contribution in [1.29, 1.82) is 0 Å². The van der Waals surface area contributed by atoms with Crippen LogP contribution in [-0.2, 0) is 0 Å². The first-order valence-electron chi connectivity index (χ1n) is 3.60. The topological polar surface area (TPSA) is 12.0 Å². The fourth-order valence-electron chi connectivity index (χ4n) is 1.07. The number of anilines is 1. The predicted molar refractivity (Wildman–Crippen MR) is 49.7 cm³/mol. The highest BCUT2D eigenvalue weighted by molar-refractivity contribution is 8.03. The third kappa shape index (κ3) is 1.14. The number of rotatable bonds is 0. The summed E-state index contributed by atoms with van der Waals surface area (Å²) in [5.74, 6) is 0. The Bertz CT molecular complexity index is 277. The van der Waals surface area contributed by atoms with Crippen molar-refractivity contribution in [2.24, 2.45) is 0 Å². The number of hydrogen-bond donors (Lipinski definition) is 1. The molecule has 0 fully saturated rings. The number of allylic oxidation sites excluding steroid dienone is 1. The van der Waals surface area contributed by atoms with Crippen LogP contribution in [0.2, 0.25) is 0 Å². The van der Waals surface area contributed by atoms with Crippen molar-refractivity contribution in [2.75, 3.05) is 5.32 Å². The van der Waals surface area contributed by atoms with Gasteiger partial charge < -0.3 is 5.32 Å². The molecule has 0 unspecified atom stereocenters. The Balaban J connectivity index is 2.41. The van der Waals surface area contributed by atoms with Gasteiger partial charge in [0.25, 0.3) is 0 Å². The van der Waals surface area contributed by atoms with Crippen LogP contribution in [0.25, 0.3) is 0 Å². The van der Waals surface area contributed by atoms with E-state index in [1.54, 1.807) is 11.8 Å². The summed E-state index contributed by atoms with van der Waals surface area (Å²) in [6.07, 6.45) is 2.09. The third-order valence-corrected chi connectivity index (χ3v) is 2.76. The summed E-state index contributed by atoms with van der Waals surface area (Å²) in [5, 5.41) is 4.54. The van der Waals surface area contributed by atoms with Crippen LogP contribution in [0.4, 0.5) is 5.69 Å². The Kier molecular flexibility index (Phi) is 1.62. The lowest BCUT2D eigenvalue weighted by molar-refractivity contribution is 1.45. The molecule has 56 valence electrons. The minimum absolute atomic E-state index is 1.23. The predicted octanol–water partition coefficient (Wildman–Crippen LogP) is 3.07. The van der Waals surface area contributed by atoms with Crippen LogP contribution in [-0.4, -0.2) is 0 Å². The van der Waals surface area contributed by atoms with Gasteiger partial charge in [-0.1, -0.05) is 30.0 Å². The molecule has 1 nitrogen and oxygen atoms in total. The summed E-state index contributed by atoms with van der Waals surface area (Å²) >= 11 is 1.79. The Hall–Kier alpha value is -0.890. The fraction of sp³-hybridized carbons (Fsp3) is 0.111. The second-order valence-electron chi connectivity index (χ2n) is 2.38. The first-order chi connectivity index (χ1) is 5.40. The van der Waals surface area contributed by atoms with Gasteiger partial charge in [-0.3, -0.25) is 0 Å². The highest BCUT2D eigenvalue weighted by Crippen LogP contribution is 2.39. The molecule has 0 spiro atoms. The molecular weight excluding hydrogens is 154 g/mol. The summed E-state index contributed by atoms with van der Waals surface area (Å²) in [6, 6.07) is 8.33. The molecule has 0 amide bonds. The zero-order valence-electron chi connectivity index (χ0n) is 6.29. The molecule has 0 saturated carbocycles. The first-order valence-corrected chi connectivity index (χ1v) is 4.42. The van der Waals surface area contributed by atoms with Gasteiger partial charge in [-0.25, -0.2) is 0 Å². The molecule has 1 aliphatic rings. The molecule has 2 heteroatoms. The average molecular weight is 163 g/mol. The number of benzene rings is 1. The van der Waals surface area contributed by atoms with Crippen LogP contribution in [0, 0.1) is 0 Å². The SMILES string of the molecule is C/C=C1/Nc2ccccc2S1. The van der Waals surface area contributed by atoms with Gasteiger partial charge in [0.05, 0.1) is 10.7 Å². The zero-order valence-corrected chi connectivity index (χ0v) is 7.11. The van der Waals surface area contributed by atoms with Gasteiger partial charge in [-0.2, -0.15) is 0 Å².